The molecule has 1 amide bonds. The van der Waals surface area contributed by atoms with Gasteiger partial charge >= 0.3 is 6.09 Å². The number of hydrogen-bond donors (Lipinski definition) is 1. The molecule has 1 aliphatic carbocycles. The molecule has 1 aromatic rings. The molecule has 0 bridgehead atoms. The van der Waals surface area contributed by atoms with Gasteiger partial charge in [0.05, 0.1) is 43.7 Å². The van der Waals surface area contributed by atoms with Gasteiger partial charge in [0.25, 0.3) is 0 Å². The molecule has 1 saturated carbocycles. The summed E-state index contributed by atoms with van der Waals surface area (Å²) in [7, 11) is 3.29. The number of aromatic nitrogens is 1. The molecule has 9 heteroatoms. The van der Waals surface area contributed by atoms with Gasteiger partial charge in [-0.25, -0.2) is 9.78 Å². The summed E-state index contributed by atoms with van der Waals surface area (Å²) in [5, 5.41) is 3.39. The van der Waals surface area contributed by atoms with Crippen LogP contribution in [-0.2, 0) is 18.9 Å². The number of carbonyl (C=O) groups excluding carboxylic acids is 1. The van der Waals surface area contributed by atoms with Crippen LogP contribution in [0.5, 0.6) is 5.88 Å². The van der Waals surface area contributed by atoms with Crippen LogP contribution < -0.4 is 10.1 Å². The number of rotatable bonds is 8. The van der Waals surface area contributed by atoms with Crippen molar-refractivity contribution in [1.82, 2.24) is 9.88 Å². The van der Waals surface area contributed by atoms with Crippen LogP contribution in [0.3, 0.4) is 0 Å². The van der Waals surface area contributed by atoms with Crippen LogP contribution in [0.15, 0.2) is 30.0 Å². The Morgan fingerprint density at radius 2 is 2.09 bits per heavy atom. The lowest BCUT2D eigenvalue weighted by molar-refractivity contribution is -0.123. The van der Waals surface area contributed by atoms with Crippen molar-refractivity contribution in [2.24, 2.45) is 5.92 Å². The van der Waals surface area contributed by atoms with Gasteiger partial charge in [0, 0.05) is 26.3 Å². The fourth-order valence-electron chi connectivity index (χ4n) is 5.82. The van der Waals surface area contributed by atoms with Crippen LogP contribution in [0.25, 0.3) is 0 Å². The fraction of sp³-hybridized carbons (Fsp3) is 0.692. The summed E-state index contributed by atoms with van der Waals surface area (Å²) < 4.78 is 29.3. The Bertz CT molecular complexity index is 954. The number of allylic oxidation sites excluding steroid dienone is 1. The minimum Gasteiger partial charge on any atom is -0.481 e. The first-order valence-corrected chi connectivity index (χ1v) is 12.5. The lowest BCUT2D eigenvalue weighted by atomic mass is 9.68. The molecule has 4 aliphatic rings. The van der Waals surface area contributed by atoms with Gasteiger partial charge in [0.1, 0.15) is 23.4 Å². The van der Waals surface area contributed by atoms with E-state index in [9.17, 15) is 4.79 Å². The van der Waals surface area contributed by atoms with Crippen LogP contribution in [0.2, 0.25) is 0 Å². The Kier molecular flexibility index (Phi) is 6.44. The zero-order chi connectivity index (χ0) is 24.8. The van der Waals surface area contributed by atoms with E-state index in [-0.39, 0.29) is 47.6 Å². The Balaban J connectivity index is 1.17. The van der Waals surface area contributed by atoms with E-state index >= 15 is 0 Å². The van der Waals surface area contributed by atoms with Crippen molar-refractivity contribution < 1.29 is 28.5 Å². The van der Waals surface area contributed by atoms with Crippen molar-refractivity contribution in [1.29, 1.82) is 0 Å². The van der Waals surface area contributed by atoms with Crippen molar-refractivity contribution in [2.75, 3.05) is 39.2 Å². The largest absolute Gasteiger partial charge is 0.481 e. The third-order valence-electron chi connectivity index (χ3n) is 7.95. The molecular weight excluding hydrogens is 450 g/mol. The maximum absolute atomic E-state index is 12.9. The van der Waals surface area contributed by atoms with E-state index in [1.807, 2.05) is 12.1 Å². The zero-order valence-electron chi connectivity index (χ0n) is 21.3. The highest BCUT2D eigenvalue weighted by molar-refractivity contribution is 5.69. The van der Waals surface area contributed by atoms with Gasteiger partial charge in [0.15, 0.2) is 0 Å². The number of epoxide rings is 2. The van der Waals surface area contributed by atoms with E-state index in [0.717, 1.165) is 24.9 Å². The van der Waals surface area contributed by atoms with Crippen LogP contribution in [0, 0.1) is 5.92 Å². The van der Waals surface area contributed by atoms with Gasteiger partial charge in [-0.2, -0.15) is 0 Å². The lowest BCUT2D eigenvalue weighted by Gasteiger charge is -2.44. The van der Waals surface area contributed by atoms with Crippen molar-refractivity contribution in [2.45, 2.75) is 75.6 Å². The minimum atomic E-state index is -0.341. The number of likely N-dealkylation sites (tertiary alicyclic amines) is 1. The normalized spacial score (nSPS) is 35.7. The number of amides is 1. The quantitative estimate of drug-likeness (QED) is 0.440. The number of anilines is 1. The number of ether oxygens (including phenoxy) is 5. The van der Waals surface area contributed by atoms with Gasteiger partial charge in [-0.1, -0.05) is 11.6 Å². The molecule has 192 valence electrons. The summed E-state index contributed by atoms with van der Waals surface area (Å²) in [5.74, 6) is 0.593. The Hall–Kier alpha value is -2.36. The lowest BCUT2D eigenvalue weighted by Crippen LogP contribution is -2.60. The highest BCUT2D eigenvalue weighted by Gasteiger charge is 2.72. The Labute approximate surface area is 207 Å². The van der Waals surface area contributed by atoms with Crippen LogP contribution in [0.4, 0.5) is 10.5 Å². The highest BCUT2D eigenvalue weighted by atomic mass is 16.6. The topological polar surface area (TPSA) is 98.0 Å². The molecule has 4 fully saturated rings. The first-order valence-electron chi connectivity index (χ1n) is 12.5. The predicted octanol–water partition coefficient (Wildman–Crippen LogP) is 3.40. The van der Waals surface area contributed by atoms with Gasteiger partial charge < -0.3 is 33.9 Å². The van der Waals surface area contributed by atoms with Gasteiger partial charge in [-0.15, -0.1) is 0 Å². The van der Waals surface area contributed by atoms with Crippen molar-refractivity contribution in [3.05, 3.63) is 30.0 Å². The molecule has 1 spiro atoms. The first kappa shape index (κ1) is 24.3. The average Bonchev–Trinajstić information content (AvgIpc) is 3.73. The van der Waals surface area contributed by atoms with E-state index in [1.54, 1.807) is 25.3 Å². The molecule has 9 nitrogen and oxygen atoms in total. The van der Waals surface area contributed by atoms with Gasteiger partial charge in [-0.05, 0) is 46.1 Å². The molecule has 1 aromatic heterocycles. The average molecular weight is 488 g/mol. The SMILES string of the molecule is COc1ccc(NC2CN(C(=O)O[C@@H]3CC[C@]4(CO4)[C@@H]([C@@]4(C)O[C@@H]4CC=C(C)C)[C@@H]3OC)C2)cn1. The summed E-state index contributed by atoms with van der Waals surface area (Å²) in [4.78, 5) is 18.9. The van der Waals surface area contributed by atoms with E-state index < -0.39 is 0 Å². The van der Waals surface area contributed by atoms with Crippen molar-refractivity contribution in [3.63, 3.8) is 0 Å². The van der Waals surface area contributed by atoms with E-state index in [1.165, 1.54) is 5.57 Å². The molecule has 0 radical (unpaired) electrons. The van der Waals surface area contributed by atoms with Crippen molar-refractivity contribution >= 4 is 11.8 Å². The molecule has 3 saturated heterocycles. The van der Waals surface area contributed by atoms with E-state index in [4.69, 9.17) is 23.7 Å². The highest BCUT2D eigenvalue weighted by Crippen LogP contribution is 2.59. The molecule has 0 aromatic carbocycles. The number of carbonyl (C=O) groups is 1. The summed E-state index contributed by atoms with van der Waals surface area (Å²) in [6.45, 7) is 8.23. The van der Waals surface area contributed by atoms with Crippen LogP contribution in [0.1, 0.15) is 40.0 Å². The fourth-order valence-corrected chi connectivity index (χ4v) is 5.82. The van der Waals surface area contributed by atoms with Crippen molar-refractivity contribution in [3.8, 4) is 5.88 Å². The summed E-state index contributed by atoms with van der Waals surface area (Å²) in [6.07, 6.45) is 5.63. The second-order valence-corrected chi connectivity index (χ2v) is 10.6. The predicted molar refractivity (Wildman–Crippen MR) is 130 cm³/mol. The smallest absolute Gasteiger partial charge is 0.410 e. The van der Waals surface area contributed by atoms with E-state index in [2.05, 4.69) is 37.1 Å². The zero-order valence-corrected chi connectivity index (χ0v) is 21.3. The molecule has 3 aliphatic heterocycles. The van der Waals surface area contributed by atoms with Gasteiger partial charge in [-0.3, -0.25) is 0 Å². The maximum atomic E-state index is 12.9. The standard InChI is InChI=1S/C26H37N3O6/c1-16(2)6-8-20-25(3,35-20)23-22(32-5)19(10-11-26(23)15-33-26)34-24(30)29-13-18(14-29)28-17-7-9-21(31-4)27-12-17/h6-7,9,12,18-20,22-23,28H,8,10-11,13-15H2,1-5H3/t19-,20-,22-,23-,25+,26+/m1/s1. The van der Waals surface area contributed by atoms with Crippen LogP contribution >= 0.6 is 0 Å². The molecule has 6 atom stereocenters. The molecule has 1 N–H and O–H groups in total. The second kappa shape index (κ2) is 9.26. The van der Waals surface area contributed by atoms with Gasteiger partial charge in [0.2, 0.25) is 5.88 Å². The molecule has 35 heavy (non-hydrogen) atoms. The Morgan fingerprint density at radius 3 is 2.69 bits per heavy atom. The van der Waals surface area contributed by atoms with Crippen LogP contribution in [-0.4, -0.2) is 85.4 Å². The molecular formula is C26H37N3O6. The number of nitrogens with zero attached hydrogens (tertiary/aromatic N) is 2. The number of nitrogens with one attached hydrogen (secondary N) is 1. The third-order valence-corrected chi connectivity index (χ3v) is 7.95. The summed E-state index contributed by atoms with van der Waals surface area (Å²) >= 11 is 0. The summed E-state index contributed by atoms with van der Waals surface area (Å²) in [6, 6.07) is 3.88. The minimum absolute atomic E-state index is 0.0236. The Morgan fingerprint density at radius 1 is 1.31 bits per heavy atom. The number of methoxy groups -OCH3 is 2. The maximum Gasteiger partial charge on any atom is 0.410 e. The number of pyridine rings is 1. The first-order chi connectivity index (χ1) is 16.8. The third kappa shape index (κ3) is 4.73. The molecule has 4 heterocycles. The summed E-state index contributed by atoms with van der Waals surface area (Å²) in [5.41, 5.74) is 1.61. The molecule has 0 unspecified atom stereocenters. The second-order valence-electron chi connectivity index (χ2n) is 10.6. The van der Waals surface area contributed by atoms with E-state index in [0.29, 0.717) is 25.6 Å². The number of hydrogen-bond acceptors (Lipinski definition) is 8. The monoisotopic (exact) mass is 487 g/mol. The molecule has 5 rings (SSSR count).